The van der Waals surface area contributed by atoms with Gasteiger partial charge in [0.15, 0.2) is 0 Å². The van der Waals surface area contributed by atoms with E-state index in [-0.39, 0.29) is 12.2 Å². The number of ether oxygens (including phenoxy) is 1. The molecule has 0 unspecified atom stereocenters. The summed E-state index contributed by atoms with van der Waals surface area (Å²) in [6, 6.07) is 5.28. The lowest BCUT2D eigenvalue weighted by atomic mass is 10.2. The number of benzene rings is 1. The largest absolute Gasteiger partial charge is 0.378 e. The van der Waals surface area contributed by atoms with Gasteiger partial charge in [-0.25, -0.2) is 4.98 Å². The van der Waals surface area contributed by atoms with Gasteiger partial charge in [-0.3, -0.25) is 4.79 Å². The summed E-state index contributed by atoms with van der Waals surface area (Å²) in [6.45, 7) is 0.246. The molecule has 7 heteroatoms. The molecule has 0 fully saturated rings. The number of aromatic nitrogens is 2. The molecule has 2 aromatic rings. The van der Waals surface area contributed by atoms with E-state index in [0.29, 0.717) is 21.0 Å². The molecule has 0 aliphatic carbocycles. The Morgan fingerprint density at radius 1 is 1.42 bits per heavy atom. The van der Waals surface area contributed by atoms with Crippen molar-refractivity contribution >= 4 is 43.5 Å². The first-order valence-electron chi connectivity index (χ1n) is 5.26. The molecule has 0 amide bonds. The van der Waals surface area contributed by atoms with E-state index in [1.807, 2.05) is 0 Å². The molecule has 0 aliphatic heterocycles. The maximum Gasteiger partial charge on any atom is 0.265 e. The van der Waals surface area contributed by atoms with E-state index in [0.717, 1.165) is 10.0 Å². The van der Waals surface area contributed by atoms with Crippen molar-refractivity contribution in [1.29, 1.82) is 0 Å². The molecular weight excluding hydrogens is 399 g/mol. The van der Waals surface area contributed by atoms with Crippen molar-refractivity contribution < 1.29 is 4.74 Å². The van der Waals surface area contributed by atoms with Gasteiger partial charge in [0, 0.05) is 22.2 Å². The zero-order valence-electron chi connectivity index (χ0n) is 9.84. The zero-order valence-corrected chi connectivity index (χ0v) is 13.8. The van der Waals surface area contributed by atoms with Crippen molar-refractivity contribution in [3.63, 3.8) is 0 Å². The van der Waals surface area contributed by atoms with Crippen LogP contribution in [0.1, 0.15) is 5.69 Å². The van der Waals surface area contributed by atoms with E-state index >= 15 is 0 Å². The molecule has 0 saturated heterocycles. The minimum atomic E-state index is -0.260. The van der Waals surface area contributed by atoms with Crippen molar-refractivity contribution in [3.8, 4) is 11.4 Å². The third-order valence-corrected chi connectivity index (χ3v) is 4.14. The summed E-state index contributed by atoms with van der Waals surface area (Å²) in [6.07, 6.45) is 0. The second kappa shape index (κ2) is 6.17. The van der Waals surface area contributed by atoms with Crippen molar-refractivity contribution in [2.24, 2.45) is 0 Å². The predicted octanol–water partition coefficient (Wildman–Crippen LogP) is 3.76. The van der Waals surface area contributed by atoms with E-state index in [2.05, 4.69) is 41.8 Å². The summed E-state index contributed by atoms with van der Waals surface area (Å²) in [4.78, 5) is 18.9. The molecule has 0 bridgehead atoms. The lowest BCUT2D eigenvalue weighted by Gasteiger charge is -2.08. The predicted molar refractivity (Wildman–Crippen MR) is 81.4 cm³/mol. The Labute approximate surface area is 131 Å². The summed E-state index contributed by atoms with van der Waals surface area (Å²) in [5.74, 6) is 0.439. The molecule has 100 valence electrons. The van der Waals surface area contributed by atoms with Crippen LogP contribution in [0.25, 0.3) is 11.4 Å². The normalized spacial score (nSPS) is 10.7. The molecule has 1 heterocycles. The third kappa shape index (κ3) is 3.25. The fourth-order valence-electron chi connectivity index (χ4n) is 1.54. The summed E-state index contributed by atoms with van der Waals surface area (Å²) in [5.41, 5.74) is 0.992. The van der Waals surface area contributed by atoms with Crippen LogP contribution in [0, 0.1) is 0 Å². The van der Waals surface area contributed by atoms with Crippen LogP contribution in [0.15, 0.2) is 31.9 Å². The molecule has 1 aromatic heterocycles. The van der Waals surface area contributed by atoms with Crippen LogP contribution in [0.4, 0.5) is 0 Å². The molecule has 0 saturated carbocycles. The number of methoxy groups -OCH3 is 1. The first-order valence-corrected chi connectivity index (χ1v) is 7.22. The molecule has 0 aliphatic rings. The molecule has 19 heavy (non-hydrogen) atoms. The Bertz CT molecular complexity index is 673. The smallest absolute Gasteiger partial charge is 0.265 e. The maximum absolute atomic E-state index is 11.9. The summed E-state index contributed by atoms with van der Waals surface area (Å²) < 4.78 is 6.19. The van der Waals surface area contributed by atoms with Crippen LogP contribution in [-0.4, -0.2) is 17.1 Å². The van der Waals surface area contributed by atoms with Crippen molar-refractivity contribution in [2.45, 2.75) is 6.61 Å². The highest BCUT2D eigenvalue weighted by Gasteiger charge is 2.12. The molecule has 0 radical (unpaired) electrons. The first-order chi connectivity index (χ1) is 9.02. The van der Waals surface area contributed by atoms with Crippen LogP contribution >= 0.6 is 43.5 Å². The minimum absolute atomic E-state index is 0.246. The topological polar surface area (TPSA) is 55.0 Å². The molecule has 1 aromatic carbocycles. The van der Waals surface area contributed by atoms with Gasteiger partial charge in [-0.05, 0) is 34.1 Å². The van der Waals surface area contributed by atoms with Gasteiger partial charge < -0.3 is 9.72 Å². The van der Waals surface area contributed by atoms with Gasteiger partial charge in [0.05, 0.1) is 12.3 Å². The van der Waals surface area contributed by atoms with Crippen LogP contribution < -0.4 is 5.56 Å². The lowest BCUT2D eigenvalue weighted by Crippen LogP contribution is -2.14. The van der Waals surface area contributed by atoms with E-state index in [1.54, 1.807) is 25.3 Å². The van der Waals surface area contributed by atoms with Gasteiger partial charge in [0.25, 0.3) is 5.56 Å². The summed E-state index contributed by atoms with van der Waals surface area (Å²) in [5, 5.41) is 0.567. The van der Waals surface area contributed by atoms with E-state index < -0.39 is 0 Å². The highest BCUT2D eigenvalue weighted by Crippen LogP contribution is 2.28. The molecule has 1 N–H and O–H groups in total. The number of hydrogen-bond acceptors (Lipinski definition) is 3. The van der Waals surface area contributed by atoms with Crippen molar-refractivity contribution in [3.05, 3.63) is 48.2 Å². The monoisotopic (exact) mass is 406 g/mol. The number of hydrogen-bond donors (Lipinski definition) is 1. The quantitative estimate of drug-likeness (QED) is 0.841. The second-order valence-corrected chi connectivity index (χ2v) is 5.82. The van der Waals surface area contributed by atoms with Gasteiger partial charge in [-0.1, -0.05) is 27.5 Å². The number of nitrogens with one attached hydrogen (secondary N) is 1. The Balaban J connectivity index is 2.62. The Morgan fingerprint density at radius 2 is 2.16 bits per heavy atom. The first kappa shape index (κ1) is 14.7. The average molecular weight is 408 g/mol. The lowest BCUT2D eigenvalue weighted by molar-refractivity contribution is 0.180. The number of aromatic amines is 1. The summed E-state index contributed by atoms with van der Waals surface area (Å²) >= 11 is 12.6. The molecule has 4 nitrogen and oxygen atoms in total. The third-order valence-electron chi connectivity index (χ3n) is 2.40. The summed E-state index contributed by atoms with van der Waals surface area (Å²) in [7, 11) is 1.55. The SMILES string of the molecule is COCc1nc(-c2cc(Cl)ccc2Br)[nH]c(=O)c1Br. The van der Waals surface area contributed by atoms with E-state index in [9.17, 15) is 4.79 Å². The van der Waals surface area contributed by atoms with Gasteiger partial charge in [0.1, 0.15) is 10.3 Å². The van der Waals surface area contributed by atoms with Gasteiger partial charge in [-0.2, -0.15) is 0 Å². The second-order valence-electron chi connectivity index (χ2n) is 3.73. The number of H-pyrrole nitrogens is 1. The molecule has 2 rings (SSSR count). The molecule has 0 atom stereocenters. The Hall–Kier alpha value is -0.690. The number of rotatable bonds is 3. The molecule has 0 spiro atoms. The minimum Gasteiger partial charge on any atom is -0.378 e. The number of halogens is 3. The fourth-order valence-corrected chi connectivity index (χ4v) is 2.45. The Morgan fingerprint density at radius 3 is 2.84 bits per heavy atom. The van der Waals surface area contributed by atoms with Gasteiger partial charge >= 0.3 is 0 Å². The molecular formula is C12H9Br2ClN2O2. The van der Waals surface area contributed by atoms with E-state index in [4.69, 9.17) is 16.3 Å². The highest BCUT2D eigenvalue weighted by molar-refractivity contribution is 9.10. The van der Waals surface area contributed by atoms with Crippen LogP contribution in [0.2, 0.25) is 5.02 Å². The van der Waals surface area contributed by atoms with Crippen molar-refractivity contribution in [1.82, 2.24) is 9.97 Å². The standard InChI is InChI=1S/C12H9Br2ClN2O2/c1-19-5-9-10(14)12(18)17-11(16-9)7-4-6(15)2-3-8(7)13/h2-4H,5H2,1H3,(H,16,17,18). The van der Waals surface area contributed by atoms with E-state index in [1.165, 1.54) is 0 Å². The van der Waals surface area contributed by atoms with Crippen LogP contribution in [0.5, 0.6) is 0 Å². The fraction of sp³-hybridized carbons (Fsp3) is 0.167. The average Bonchev–Trinajstić information content (AvgIpc) is 2.38. The van der Waals surface area contributed by atoms with Crippen LogP contribution in [-0.2, 0) is 11.3 Å². The van der Waals surface area contributed by atoms with Crippen LogP contribution in [0.3, 0.4) is 0 Å². The Kier molecular flexibility index (Phi) is 4.78. The number of nitrogens with zero attached hydrogens (tertiary/aromatic N) is 1. The van der Waals surface area contributed by atoms with Gasteiger partial charge in [-0.15, -0.1) is 0 Å². The van der Waals surface area contributed by atoms with Crippen molar-refractivity contribution in [2.75, 3.05) is 7.11 Å². The van der Waals surface area contributed by atoms with Gasteiger partial charge in [0.2, 0.25) is 0 Å². The zero-order chi connectivity index (χ0) is 14.0. The highest BCUT2D eigenvalue weighted by atomic mass is 79.9. The maximum atomic E-state index is 11.9.